The molecule has 1 unspecified atom stereocenters. The Morgan fingerprint density at radius 1 is 1.15 bits per heavy atom. The Kier molecular flexibility index (Phi) is 6.31. The van der Waals surface area contributed by atoms with Gasteiger partial charge in [0.05, 0.1) is 5.60 Å². The van der Waals surface area contributed by atoms with E-state index >= 15 is 0 Å². The molecule has 0 aliphatic rings. The quantitative estimate of drug-likeness (QED) is 0.641. The van der Waals surface area contributed by atoms with E-state index < -0.39 is 33.1 Å². The highest BCUT2D eigenvalue weighted by Gasteiger charge is 2.32. The van der Waals surface area contributed by atoms with Crippen LogP contribution in [-0.2, 0) is 9.16 Å². The molecule has 5 heteroatoms. The predicted octanol–water partition coefficient (Wildman–Crippen LogP) is 2.61. The van der Waals surface area contributed by atoms with Crippen LogP contribution >= 0.6 is 0 Å². The van der Waals surface area contributed by atoms with Gasteiger partial charge in [-0.1, -0.05) is 26.7 Å². The Bertz CT molecular complexity index is 372. The molecule has 0 fully saturated rings. The molecule has 0 rings (SSSR count). The lowest BCUT2D eigenvalue weighted by molar-refractivity contribution is 0.0375. The van der Waals surface area contributed by atoms with Crippen LogP contribution in [0.15, 0.2) is 0 Å². The van der Waals surface area contributed by atoms with Crippen LogP contribution in [0.5, 0.6) is 0 Å². The highest BCUT2D eigenvalue weighted by atomic mass is 28.2. The van der Waals surface area contributed by atoms with Crippen LogP contribution in [0.3, 0.4) is 0 Å². The fourth-order valence-corrected chi connectivity index (χ4v) is 2.30. The second-order valence-corrected chi connectivity index (χ2v) is 10.4. The van der Waals surface area contributed by atoms with Gasteiger partial charge >= 0.3 is 6.09 Å². The van der Waals surface area contributed by atoms with E-state index in [0.717, 1.165) is 0 Å². The minimum atomic E-state index is -0.762. The Hall–Kier alpha value is -0.993. The van der Waals surface area contributed by atoms with Gasteiger partial charge in [-0.3, -0.25) is 0 Å². The molecule has 0 saturated heterocycles. The third kappa shape index (κ3) is 8.23. The van der Waals surface area contributed by atoms with E-state index in [1.165, 1.54) is 0 Å². The van der Waals surface area contributed by atoms with Gasteiger partial charge in [0.2, 0.25) is 0 Å². The first kappa shape index (κ1) is 19.0. The van der Waals surface area contributed by atoms with Crippen molar-refractivity contribution in [2.45, 2.75) is 77.7 Å². The van der Waals surface area contributed by atoms with Gasteiger partial charge < -0.3 is 14.5 Å². The monoisotopic (exact) mass is 299 g/mol. The van der Waals surface area contributed by atoms with Gasteiger partial charge in [0.15, 0.2) is 9.76 Å². The number of hydrogen-bond donors (Lipinski definition) is 1. The van der Waals surface area contributed by atoms with Gasteiger partial charge in [-0.2, -0.15) is 0 Å². The minimum absolute atomic E-state index is 0.169. The minimum Gasteiger partial charge on any atom is -0.444 e. The Morgan fingerprint density at radius 3 is 2.00 bits per heavy atom. The molecule has 0 saturated carbocycles. The van der Waals surface area contributed by atoms with E-state index in [1.807, 2.05) is 34.6 Å². The smallest absolute Gasteiger partial charge is 0.408 e. The number of rotatable bonds is 4. The lowest BCUT2D eigenvalue weighted by Gasteiger charge is -2.35. The maximum Gasteiger partial charge on any atom is 0.408 e. The lowest BCUT2D eigenvalue weighted by atomic mass is 10.0. The number of ether oxygens (including phenoxy) is 1. The molecular formula is C15H29NO3Si. The van der Waals surface area contributed by atoms with Crippen LogP contribution in [0, 0.1) is 12.3 Å². The van der Waals surface area contributed by atoms with E-state index in [9.17, 15) is 4.79 Å². The number of carbonyl (C=O) groups is 1. The van der Waals surface area contributed by atoms with Crippen LogP contribution < -0.4 is 5.32 Å². The SMILES string of the molecule is C#CC(NC(=O)OC(C)(C)C)C(C)(C)O[SiH2]C(C)(C)C. The molecule has 0 spiro atoms. The van der Waals surface area contributed by atoms with E-state index in [2.05, 4.69) is 32.0 Å². The molecule has 0 aromatic heterocycles. The van der Waals surface area contributed by atoms with Crippen molar-refractivity contribution >= 4 is 15.9 Å². The summed E-state index contributed by atoms with van der Waals surface area (Å²) in [5, 5.41) is 2.87. The maximum absolute atomic E-state index is 11.8. The molecule has 0 heterocycles. The number of amides is 1. The van der Waals surface area contributed by atoms with Gasteiger partial charge in [0.25, 0.3) is 0 Å². The number of terminal acetylenes is 1. The van der Waals surface area contributed by atoms with E-state index in [-0.39, 0.29) is 5.04 Å². The highest BCUT2D eigenvalue weighted by molar-refractivity contribution is 6.31. The van der Waals surface area contributed by atoms with Crippen molar-refractivity contribution < 1.29 is 14.0 Å². The van der Waals surface area contributed by atoms with Crippen LogP contribution in [-0.4, -0.2) is 33.1 Å². The van der Waals surface area contributed by atoms with Crippen molar-refractivity contribution in [1.82, 2.24) is 5.32 Å². The Labute approximate surface area is 125 Å². The first-order chi connectivity index (χ1) is 8.77. The van der Waals surface area contributed by atoms with Crippen molar-refractivity contribution in [2.24, 2.45) is 0 Å². The summed E-state index contributed by atoms with van der Waals surface area (Å²) < 4.78 is 11.2. The molecule has 1 amide bonds. The zero-order chi connectivity index (χ0) is 16.2. The van der Waals surface area contributed by atoms with Crippen LogP contribution in [0.2, 0.25) is 5.04 Å². The molecule has 1 N–H and O–H groups in total. The fraction of sp³-hybridized carbons (Fsp3) is 0.800. The van der Waals surface area contributed by atoms with Crippen molar-refractivity contribution in [3.05, 3.63) is 0 Å². The summed E-state index contributed by atoms with van der Waals surface area (Å²) in [7, 11) is -0.762. The average molecular weight is 299 g/mol. The summed E-state index contributed by atoms with van der Waals surface area (Å²) in [6, 6.07) is -0.521. The second kappa shape index (κ2) is 6.64. The van der Waals surface area contributed by atoms with Gasteiger partial charge in [0, 0.05) is 0 Å². The highest BCUT2D eigenvalue weighted by Crippen LogP contribution is 2.25. The summed E-state index contributed by atoms with van der Waals surface area (Å²) in [5.41, 5.74) is -1.15. The molecule has 0 bridgehead atoms. The Balaban J connectivity index is 4.66. The molecule has 0 radical (unpaired) electrons. The van der Waals surface area contributed by atoms with Gasteiger partial charge in [-0.15, -0.1) is 6.42 Å². The standard InChI is InChI=1S/C15H29NO3Si/c1-10-11(16-12(17)18-13(2,3)4)15(8,9)19-20-14(5,6)7/h1,11H,20H2,2-9H3,(H,16,17). The van der Waals surface area contributed by atoms with Crippen molar-refractivity contribution in [3.63, 3.8) is 0 Å². The van der Waals surface area contributed by atoms with E-state index in [4.69, 9.17) is 15.6 Å². The zero-order valence-electron chi connectivity index (χ0n) is 14.1. The molecule has 0 aromatic rings. The first-order valence-electron chi connectivity index (χ1n) is 6.86. The van der Waals surface area contributed by atoms with Gasteiger partial charge in [-0.25, -0.2) is 4.79 Å². The Morgan fingerprint density at radius 2 is 1.65 bits per heavy atom. The van der Waals surface area contributed by atoms with Crippen LogP contribution in [0.25, 0.3) is 0 Å². The average Bonchev–Trinajstić information content (AvgIpc) is 2.19. The zero-order valence-corrected chi connectivity index (χ0v) is 15.5. The van der Waals surface area contributed by atoms with Crippen LogP contribution in [0.4, 0.5) is 4.79 Å². The van der Waals surface area contributed by atoms with E-state index in [1.54, 1.807) is 0 Å². The van der Waals surface area contributed by atoms with Crippen LogP contribution in [0.1, 0.15) is 55.4 Å². The fourth-order valence-electron chi connectivity index (χ4n) is 1.33. The predicted molar refractivity (Wildman–Crippen MR) is 85.4 cm³/mol. The van der Waals surface area contributed by atoms with Crippen molar-refractivity contribution in [3.8, 4) is 12.3 Å². The molecular weight excluding hydrogens is 270 g/mol. The van der Waals surface area contributed by atoms with Gasteiger partial charge in [0.1, 0.15) is 11.6 Å². The molecule has 0 aliphatic heterocycles. The van der Waals surface area contributed by atoms with Gasteiger partial charge in [-0.05, 0) is 39.7 Å². The lowest BCUT2D eigenvalue weighted by Crippen LogP contribution is -2.52. The normalized spacial score (nSPS) is 14.9. The molecule has 1 atom stereocenters. The topological polar surface area (TPSA) is 47.6 Å². The van der Waals surface area contributed by atoms with Crippen molar-refractivity contribution in [1.29, 1.82) is 0 Å². The van der Waals surface area contributed by atoms with E-state index in [0.29, 0.717) is 0 Å². The number of alkyl carbamates (subject to hydrolysis) is 1. The number of carbonyl (C=O) groups excluding carboxylic acids is 1. The molecule has 116 valence electrons. The largest absolute Gasteiger partial charge is 0.444 e. The molecule has 0 aliphatic carbocycles. The third-order valence-electron chi connectivity index (χ3n) is 2.40. The summed E-state index contributed by atoms with van der Waals surface area (Å²) in [6.45, 7) is 15.6. The maximum atomic E-state index is 11.8. The molecule has 20 heavy (non-hydrogen) atoms. The number of hydrogen-bond acceptors (Lipinski definition) is 3. The summed E-state index contributed by atoms with van der Waals surface area (Å²) in [4.78, 5) is 11.8. The second-order valence-electron chi connectivity index (χ2n) is 7.70. The summed E-state index contributed by atoms with van der Waals surface area (Å²) >= 11 is 0. The van der Waals surface area contributed by atoms with Crippen molar-refractivity contribution in [2.75, 3.05) is 0 Å². The number of nitrogens with one attached hydrogen (secondary N) is 1. The summed E-state index contributed by atoms with van der Waals surface area (Å²) in [5.74, 6) is 2.58. The summed E-state index contributed by atoms with van der Waals surface area (Å²) in [6.07, 6.45) is 5.01. The molecule has 0 aromatic carbocycles. The molecule has 4 nitrogen and oxygen atoms in total. The first-order valence-corrected chi connectivity index (χ1v) is 8.15. The third-order valence-corrected chi connectivity index (χ3v) is 4.15.